The van der Waals surface area contributed by atoms with Gasteiger partial charge in [0.05, 0.1) is 11.1 Å². The van der Waals surface area contributed by atoms with Crippen LogP contribution >= 0.6 is 0 Å². The Hall–Kier alpha value is -4.21. The Balaban J connectivity index is 1.48. The monoisotopic (exact) mass is 522 g/mol. The van der Waals surface area contributed by atoms with Crippen LogP contribution in [-0.2, 0) is 16.1 Å². The highest BCUT2D eigenvalue weighted by atomic mass is 16.6. The van der Waals surface area contributed by atoms with Crippen LogP contribution in [0.3, 0.4) is 0 Å². The number of nitrogens with one attached hydrogen (secondary N) is 3. The largest absolute Gasteiger partial charge is 0.444 e. The number of imide groups is 1. The van der Waals surface area contributed by atoms with E-state index in [0.717, 1.165) is 5.56 Å². The number of nitrogens with zero attached hydrogens (tertiary/aromatic N) is 1. The van der Waals surface area contributed by atoms with Crippen molar-refractivity contribution in [3.63, 3.8) is 0 Å². The lowest BCUT2D eigenvalue weighted by Gasteiger charge is -2.19. The van der Waals surface area contributed by atoms with Gasteiger partial charge < -0.3 is 20.7 Å². The van der Waals surface area contributed by atoms with E-state index < -0.39 is 11.7 Å². The second kappa shape index (κ2) is 11.9. The molecule has 0 aliphatic carbocycles. The van der Waals surface area contributed by atoms with Crippen molar-refractivity contribution in [3.05, 3.63) is 64.7 Å². The average molecular weight is 523 g/mol. The van der Waals surface area contributed by atoms with Gasteiger partial charge in [-0.1, -0.05) is 26.0 Å². The molecule has 3 N–H and O–H groups in total. The summed E-state index contributed by atoms with van der Waals surface area (Å²) < 4.78 is 5.12. The highest BCUT2D eigenvalue weighted by Crippen LogP contribution is 2.25. The topological polar surface area (TPSA) is 134 Å². The van der Waals surface area contributed by atoms with Crippen LogP contribution in [-0.4, -0.2) is 53.3 Å². The predicted octanol–water partition coefficient (Wildman–Crippen LogP) is 3.72. The van der Waals surface area contributed by atoms with E-state index in [9.17, 15) is 24.0 Å². The summed E-state index contributed by atoms with van der Waals surface area (Å²) in [5.74, 6) is -1.21. The minimum atomic E-state index is -0.608. The zero-order valence-corrected chi connectivity index (χ0v) is 22.3. The Morgan fingerprint density at radius 1 is 0.921 bits per heavy atom. The molecule has 10 nitrogen and oxygen atoms in total. The predicted molar refractivity (Wildman–Crippen MR) is 142 cm³/mol. The molecule has 38 heavy (non-hydrogen) atoms. The standard InChI is InChI=1S/C28H34N4O6/c1-17(2)16-32-25(35)21-11-8-19(14-22(21)26(32)36)24(34)30-15-18-6-9-20(10-7-18)31-23(33)12-13-29-27(37)38-28(3,4)5/h6-11,14,17H,12-13,15-16H2,1-5H3,(H,29,37)(H,30,34)(H,31,33). The Bertz CT molecular complexity index is 1230. The molecule has 0 bridgehead atoms. The van der Waals surface area contributed by atoms with E-state index in [-0.39, 0.29) is 54.6 Å². The molecule has 1 aliphatic heterocycles. The summed E-state index contributed by atoms with van der Waals surface area (Å²) in [4.78, 5) is 62.8. The summed E-state index contributed by atoms with van der Waals surface area (Å²) in [5, 5.41) is 8.08. The number of benzene rings is 2. The number of alkyl carbamates (subject to hydrolysis) is 1. The van der Waals surface area contributed by atoms with Crippen LogP contribution in [0.15, 0.2) is 42.5 Å². The van der Waals surface area contributed by atoms with Crippen LogP contribution in [0.2, 0.25) is 0 Å². The van der Waals surface area contributed by atoms with Crippen molar-refractivity contribution in [1.82, 2.24) is 15.5 Å². The molecule has 0 aromatic heterocycles. The fourth-order valence-electron chi connectivity index (χ4n) is 3.77. The quantitative estimate of drug-likeness (QED) is 0.430. The molecule has 3 rings (SSSR count). The Morgan fingerprint density at radius 2 is 1.58 bits per heavy atom. The molecule has 1 heterocycles. The molecule has 5 amide bonds. The number of anilines is 1. The molecular weight excluding hydrogens is 488 g/mol. The van der Waals surface area contributed by atoms with Gasteiger partial charge in [-0.2, -0.15) is 0 Å². The van der Waals surface area contributed by atoms with Crippen molar-refractivity contribution >= 4 is 35.4 Å². The van der Waals surface area contributed by atoms with Gasteiger partial charge in [0, 0.05) is 37.3 Å². The molecule has 0 fully saturated rings. The van der Waals surface area contributed by atoms with Gasteiger partial charge in [-0.15, -0.1) is 0 Å². The summed E-state index contributed by atoms with van der Waals surface area (Å²) in [7, 11) is 0. The van der Waals surface area contributed by atoms with E-state index in [2.05, 4.69) is 16.0 Å². The Morgan fingerprint density at radius 3 is 2.21 bits per heavy atom. The van der Waals surface area contributed by atoms with E-state index >= 15 is 0 Å². The minimum absolute atomic E-state index is 0.0845. The smallest absolute Gasteiger partial charge is 0.407 e. The van der Waals surface area contributed by atoms with Crippen molar-refractivity contribution in [3.8, 4) is 0 Å². The molecular formula is C28H34N4O6. The van der Waals surface area contributed by atoms with Crippen LogP contribution in [0.4, 0.5) is 10.5 Å². The van der Waals surface area contributed by atoms with Crippen molar-refractivity contribution in [2.45, 2.75) is 53.2 Å². The van der Waals surface area contributed by atoms with E-state index in [1.807, 2.05) is 13.8 Å². The maximum atomic E-state index is 12.7. The van der Waals surface area contributed by atoms with Crippen molar-refractivity contribution < 1.29 is 28.7 Å². The van der Waals surface area contributed by atoms with Gasteiger partial charge in [0.1, 0.15) is 5.60 Å². The molecule has 0 unspecified atom stereocenters. The fraction of sp³-hybridized carbons (Fsp3) is 0.393. The van der Waals surface area contributed by atoms with Crippen LogP contribution in [0.5, 0.6) is 0 Å². The highest BCUT2D eigenvalue weighted by Gasteiger charge is 2.36. The second-order valence-electron chi connectivity index (χ2n) is 10.5. The summed E-state index contributed by atoms with van der Waals surface area (Å²) in [6.07, 6.45) is -0.494. The molecule has 0 atom stereocenters. The van der Waals surface area contributed by atoms with E-state index in [0.29, 0.717) is 23.4 Å². The molecule has 0 radical (unpaired) electrons. The maximum Gasteiger partial charge on any atom is 0.407 e. The SMILES string of the molecule is CC(C)CN1C(=O)c2ccc(C(=O)NCc3ccc(NC(=O)CCNC(=O)OC(C)(C)C)cc3)cc2C1=O. The van der Waals surface area contributed by atoms with E-state index in [1.165, 1.54) is 23.1 Å². The van der Waals surface area contributed by atoms with Gasteiger partial charge in [0.25, 0.3) is 17.7 Å². The third-order valence-electron chi connectivity index (χ3n) is 5.49. The Labute approximate surface area is 222 Å². The summed E-state index contributed by atoms with van der Waals surface area (Å²) in [6, 6.07) is 11.5. The number of hydrogen-bond donors (Lipinski definition) is 3. The Kier molecular flexibility index (Phi) is 8.88. The summed E-state index contributed by atoms with van der Waals surface area (Å²) in [5.41, 5.74) is 1.62. The van der Waals surface area contributed by atoms with Gasteiger partial charge in [0.2, 0.25) is 5.91 Å². The lowest BCUT2D eigenvalue weighted by molar-refractivity contribution is -0.116. The molecule has 0 saturated heterocycles. The van der Waals surface area contributed by atoms with Crippen LogP contribution < -0.4 is 16.0 Å². The minimum Gasteiger partial charge on any atom is -0.444 e. The fourth-order valence-corrected chi connectivity index (χ4v) is 3.77. The van der Waals surface area contributed by atoms with Gasteiger partial charge in [-0.05, 0) is 62.6 Å². The van der Waals surface area contributed by atoms with Crippen molar-refractivity contribution in [2.75, 3.05) is 18.4 Å². The van der Waals surface area contributed by atoms with E-state index in [4.69, 9.17) is 4.74 Å². The molecule has 2 aromatic carbocycles. The summed E-state index contributed by atoms with van der Waals surface area (Å²) in [6.45, 7) is 9.83. The number of amides is 5. The first kappa shape index (κ1) is 28.4. The number of ether oxygens (including phenoxy) is 1. The lowest BCUT2D eigenvalue weighted by Crippen LogP contribution is -2.34. The number of carbonyl (C=O) groups excluding carboxylic acids is 5. The van der Waals surface area contributed by atoms with Crippen LogP contribution in [0, 0.1) is 5.92 Å². The lowest BCUT2D eigenvalue weighted by atomic mass is 10.1. The zero-order chi connectivity index (χ0) is 28.0. The first-order valence-corrected chi connectivity index (χ1v) is 12.5. The van der Waals surface area contributed by atoms with Gasteiger partial charge in [-0.3, -0.25) is 24.1 Å². The number of hydrogen-bond acceptors (Lipinski definition) is 6. The van der Waals surface area contributed by atoms with Crippen molar-refractivity contribution in [2.24, 2.45) is 5.92 Å². The molecule has 10 heteroatoms. The third kappa shape index (κ3) is 7.64. The third-order valence-corrected chi connectivity index (χ3v) is 5.49. The zero-order valence-electron chi connectivity index (χ0n) is 22.3. The molecule has 1 aliphatic rings. The van der Waals surface area contributed by atoms with E-state index in [1.54, 1.807) is 45.0 Å². The second-order valence-corrected chi connectivity index (χ2v) is 10.5. The van der Waals surface area contributed by atoms with Crippen molar-refractivity contribution in [1.29, 1.82) is 0 Å². The van der Waals surface area contributed by atoms with Crippen LogP contribution in [0.25, 0.3) is 0 Å². The number of fused-ring (bicyclic) bond motifs is 1. The van der Waals surface area contributed by atoms with Gasteiger partial charge in [0.15, 0.2) is 0 Å². The summed E-state index contributed by atoms with van der Waals surface area (Å²) >= 11 is 0. The highest BCUT2D eigenvalue weighted by molar-refractivity contribution is 6.22. The number of carbonyl (C=O) groups is 5. The van der Waals surface area contributed by atoms with Gasteiger partial charge >= 0.3 is 6.09 Å². The molecule has 0 saturated carbocycles. The first-order valence-electron chi connectivity index (χ1n) is 12.5. The molecule has 0 spiro atoms. The molecule has 2 aromatic rings. The maximum absolute atomic E-state index is 12.7. The van der Waals surface area contributed by atoms with Crippen LogP contribution in [0.1, 0.15) is 77.7 Å². The normalized spacial score (nSPS) is 12.8. The molecule has 202 valence electrons. The first-order chi connectivity index (χ1) is 17.8. The number of rotatable bonds is 9. The average Bonchev–Trinajstić information content (AvgIpc) is 3.06. The van der Waals surface area contributed by atoms with Gasteiger partial charge in [-0.25, -0.2) is 4.79 Å².